The summed E-state index contributed by atoms with van der Waals surface area (Å²) in [5, 5.41) is 0.225. The van der Waals surface area contributed by atoms with E-state index < -0.39 is 0 Å². The Balaban J connectivity index is 2.29. The molecule has 2 unspecified atom stereocenters. The van der Waals surface area contributed by atoms with Crippen LogP contribution < -0.4 is 5.73 Å². The van der Waals surface area contributed by atoms with Crippen LogP contribution in [-0.2, 0) is 4.79 Å². The van der Waals surface area contributed by atoms with Crippen molar-refractivity contribution in [3.05, 3.63) is 22.7 Å². The fraction of sp³-hybridized carbons (Fsp3) is 0.600. The Labute approximate surface area is 135 Å². The van der Waals surface area contributed by atoms with E-state index in [9.17, 15) is 9.59 Å². The van der Waals surface area contributed by atoms with Gasteiger partial charge in [-0.25, -0.2) is 9.97 Å². The molecule has 0 bridgehead atoms. The zero-order valence-electron chi connectivity index (χ0n) is 13.0. The number of hydrogen-bond acceptors (Lipinski definition) is 4. The van der Waals surface area contributed by atoms with Crippen molar-refractivity contribution in [2.24, 2.45) is 11.7 Å². The minimum Gasteiger partial charge on any atom is -0.369 e. The molecule has 120 valence electrons. The number of primary amides is 1. The molecule has 1 aliphatic heterocycles. The molecule has 7 heteroatoms. The largest absolute Gasteiger partial charge is 0.369 e. The first-order valence-electron chi connectivity index (χ1n) is 7.44. The first-order valence-corrected chi connectivity index (χ1v) is 7.81. The van der Waals surface area contributed by atoms with Crippen molar-refractivity contribution >= 4 is 23.4 Å². The predicted octanol–water partition coefficient (Wildman–Crippen LogP) is 1.98. The Morgan fingerprint density at radius 1 is 1.41 bits per heavy atom. The molecule has 2 heterocycles. The minimum atomic E-state index is -0.374. The van der Waals surface area contributed by atoms with Crippen molar-refractivity contribution < 1.29 is 9.59 Å². The van der Waals surface area contributed by atoms with Gasteiger partial charge in [0.05, 0.1) is 17.1 Å². The third kappa shape index (κ3) is 3.38. The topological polar surface area (TPSA) is 89.2 Å². The van der Waals surface area contributed by atoms with Gasteiger partial charge < -0.3 is 10.6 Å². The predicted molar refractivity (Wildman–Crippen MR) is 83.5 cm³/mol. The molecule has 0 spiro atoms. The number of nitrogens with two attached hydrogens (primary N) is 1. The summed E-state index contributed by atoms with van der Waals surface area (Å²) in [7, 11) is 0. The minimum absolute atomic E-state index is 0.0247. The second-order valence-electron chi connectivity index (χ2n) is 6.06. The molecule has 2 N–H and O–H groups in total. The van der Waals surface area contributed by atoms with Crippen LogP contribution in [0, 0.1) is 5.92 Å². The maximum absolute atomic E-state index is 12.8. The van der Waals surface area contributed by atoms with Crippen molar-refractivity contribution in [3.63, 3.8) is 0 Å². The third-order valence-electron chi connectivity index (χ3n) is 4.03. The second-order valence-corrected chi connectivity index (χ2v) is 6.47. The molecule has 2 amide bonds. The zero-order chi connectivity index (χ0) is 16.4. The van der Waals surface area contributed by atoms with E-state index in [-0.39, 0.29) is 40.4 Å². The SMILES string of the molecule is CC(C)c1ncc(Cl)c(C(=O)N2CC(C(N)=O)CCC2C)n1. The first kappa shape index (κ1) is 16.7. The lowest BCUT2D eigenvalue weighted by molar-refractivity contribution is -0.123. The number of piperidine rings is 1. The molecule has 1 fully saturated rings. The van der Waals surface area contributed by atoms with E-state index in [4.69, 9.17) is 17.3 Å². The summed E-state index contributed by atoms with van der Waals surface area (Å²) in [6.07, 6.45) is 2.89. The zero-order valence-corrected chi connectivity index (χ0v) is 13.8. The van der Waals surface area contributed by atoms with E-state index in [0.29, 0.717) is 18.8 Å². The van der Waals surface area contributed by atoms with Gasteiger partial charge in [-0.1, -0.05) is 25.4 Å². The summed E-state index contributed by atoms with van der Waals surface area (Å²) in [5.41, 5.74) is 5.57. The van der Waals surface area contributed by atoms with Crippen LogP contribution in [0.15, 0.2) is 6.20 Å². The number of carbonyl (C=O) groups is 2. The van der Waals surface area contributed by atoms with E-state index in [2.05, 4.69) is 9.97 Å². The molecular weight excluding hydrogens is 304 g/mol. The number of hydrogen-bond donors (Lipinski definition) is 1. The van der Waals surface area contributed by atoms with Crippen molar-refractivity contribution in [1.82, 2.24) is 14.9 Å². The molecule has 1 aliphatic rings. The molecule has 0 radical (unpaired) electrons. The fourth-order valence-corrected chi connectivity index (χ4v) is 2.74. The Kier molecular flexibility index (Phi) is 5.01. The number of likely N-dealkylation sites (tertiary alicyclic amines) is 1. The molecule has 2 rings (SSSR count). The van der Waals surface area contributed by atoms with Crippen LogP contribution in [0.1, 0.15) is 55.8 Å². The Hall–Kier alpha value is -1.69. The highest BCUT2D eigenvalue weighted by atomic mass is 35.5. The smallest absolute Gasteiger partial charge is 0.274 e. The Morgan fingerprint density at radius 2 is 2.09 bits per heavy atom. The Bertz CT molecular complexity index is 591. The van der Waals surface area contributed by atoms with E-state index in [1.165, 1.54) is 6.20 Å². The molecule has 22 heavy (non-hydrogen) atoms. The van der Waals surface area contributed by atoms with Gasteiger partial charge in [0, 0.05) is 18.5 Å². The summed E-state index contributed by atoms with van der Waals surface area (Å²) < 4.78 is 0. The van der Waals surface area contributed by atoms with Crippen LogP contribution in [0.5, 0.6) is 0 Å². The van der Waals surface area contributed by atoms with E-state index in [1.807, 2.05) is 20.8 Å². The van der Waals surface area contributed by atoms with Gasteiger partial charge in [-0.15, -0.1) is 0 Å². The highest BCUT2D eigenvalue weighted by Crippen LogP contribution is 2.25. The molecule has 2 atom stereocenters. The normalized spacial score (nSPS) is 22.0. The van der Waals surface area contributed by atoms with E-state index in [0.717, 1.165) is 6.42 Å². The van der Waals surface area contributed by atoms with Crippen molar-refractivity contribution in [1.29, 1.82) is 0 Å². The summed E-state index contributed by atoms with van der Waals surface area (Å²) >= 11 is 6.10. The van der Waals surface area contributed by atoms with Crippen LogP contribution in [-0.4, -0.2) is 39.3 Å². The van der Waals surface area contributed by atoms with Gasteiger partial charge in [-0.2, -0.15) is 0 Å². The average Bonchev–Trinajstić information content (AvgIpc) is 2.47. The van der Waals surface area contributed by atoms with Crippen LogP contribution in [0.2, 0.25) is 5.02 Å². The van der Waals surface area contributed by atoms with E-state index in [1.54, 1.807) is 4.90 Å². The molecule has 0 aromatic carbocycles. The van der Waals surface area contributed by atoms with Gasteiger partial charge in [0.15, 0.2) is 5.69 Å². The lowest BCUT2D eigenvalue weighted by atomic mass is 9.92. The number of amides is 2. The van der Waals surface area contributed by atoms with Crippen LogP contribution >= 0.6 is 11.6 Å². The molecule has 1 aromatic heterocycles. The maximum Gasteiger partial charge on any atom is 0.274 e. The van der Waals surface area contributed by atoms with Gasteiger partial charge in [-0.05, 0) is 19.8 Å². The second kappa shape index (κ2) is 6.60. The summed E-state index contributed by atoms with van der Waals surface area (Å²) in [6.45, 7) is 6.16. The van der Waals surface area contributed by atoms with Gasteiger partial charge in [-0.3, -0.25) is 9.59 Å². The van der Waals surface area contributed by atoms with Gasteiger partial charge >= 0.3 is 0 Å². The van der Waals surface area contributed by atoms with Crippen molar-refractivity contribution in [2.75, 3.05) is 6.54 Å². The van der Waals surface area contributed by atoms with Gasteiger partial charge in [0.2, 0.25) is 5.91 Å². The lowest BCUT2D eigenvalue weighted by Gasteiger charge is -2.36. The number of carbonyl (C=O) groups excluding carboxylic acids is 2. The first-order chi connectivity index (χ1) is 10.3. The van der Waals surface area contributed by atoms with E-state index >= 15 is 0 Å². The number of halogens is 1. The maximum atomic E-state index is 12.8. The van der Waals surface area contributed by atoms with Gasteiger partial charge in [0.25, 0.3) is 5.91 Å². The molecule has 1 aromatic rings. The van der Waals surface area contributed by atoms with Crippen LogP contribution in [0.25, 0.3) is 0 Å². The molecule has 0 aliphatic carbocycles. The van der Waals surface area contributed by atoms with Crippen molar-refractivity contribution in [3.8, 4) is 0 Å². The molecule has 6 nitrogen and oxygen atoms in total. The molecule has 0 saturated carbocycles. The number of nitrogens with zero attached hydrogens (tertiary/aromatic N) is 3. The Morgan fingerprint density at radius 3 is 2.68 bits per heavy atom. The summed E-state index contributed by atoms with van der Waals surface area (Å²) in [5.74, 6) is -0.288. The van der Waals surface area contributed by atoms with Crippen LogP contribution in [0.3, 0.4) is 0 Å². The highest BCUT2D eigenvalue weighted by Gasteiger charge is 2.33. The molecule has 1 saturated heterocycles. The van der Waals surface area contributed by atoms with Gasteiger partial charge in [0.1, 0.15) is 5.82 Å². The number of aromatic nitrogens is 2. The quantitative estimate of drug-likeness (QED) is 0.920. The molecular formula is C15H21ClN4O2. The highest BCUT2D eigenvalue weighted by molar-refractivity contribution is 6.33. The summed E-state index contributed by atoms with van der Waals surface area (Å²) in [4.78, 5) is 34.3. The third-order valence-corrected chi connectivity index (χ3v) is 4.30. The fourth-order valence-electron chi connectivity index (χ4n) is 2.57. The number of rotatable bonds is 3. The average molecular weight is 325 g/mol. The lowest BCUT2D eigenvalue weighted by Crippen LogP contribution is -2.48. The van der Waals surface area contributed by atoms with Crippen LogP contribution in [0.4, 0.5) is 0 Å². The summed E-state index contributed by atoms with van der Waals surface area (Å²) in [6, 6.07) is 0.0247. The monoisotopic (exact) mass is 324 g/mol. The van der Waals surface area contributed by atoms with Crippen molar-refractivity contribution in [2.45, 2.75) is 45.6 Å². The standard InChI is InChI=1S/C15H21ClN4O2/c1-8(2)14-18-6-11(16)12(19-14)15(22)20-7-10(13(17)21)5-4-9(20)3/h6,8-10H,4-5,7H2,1-3H3,(H2,17,21).